The quantitative estimate of drug-likeness (QED) is 0.799. The van der Waals surface area contributed by atoms with Crippen LogP contribution >= 0.6 is 0 Å². The number of rotatable bonds is 3. The van der Waals surface area contributed by atoms with E-state index in [1.165, 1.54) is 0 Å². The summed E-state index contributed by atoms with van der Waals surface area (Å²) in [4.78, 5) is 16.6. The van der Waals surface area contributed by atoms with Gasteiger partial charge in [-0.25, -0.2) is 0 Å². The van der Waals surface area contributed by atoms with Crippen LogP contribution in [-0.4, -0.2) is 54.5 Å². The number of likely N-dealkylation sites (N-methyl/N-ethyl adjacent to an activating group) is 1. The van der Waals surface area contributed by atoms with Gasteiger partial charge >= 0.3 is 0 Å². The SMILES string of the molecule is CCC(C)[C@H](N)C(=O)N1CCCN(C)CC1C. The van der Waals surface area contributed by atoms with Crippen molar-refractivity contribution in [3.8, 4) is 0 Å². The normalized spacial score (nSPS) is 26.4. The van der Waals surface area contributed by atoms with Gasteiger partial charge in [0.25, 0.3) is 0 Å². The van der Waals surface area contributed by atoms with E-state index in [0.717, 1.165) is 32.5 Å². The molecule has 0 radical (unpaired) electrons. The van der Waals surface area contributed by atoms with Crippen LogP contribution < -0.4 is 5.73 Å². The van der Waals surface area contributed by atoms with Crippen molar-refractivity contribution >= 4 is 5.91 Å². The Kier molecular flexibility index (Phi) is 5.40. The second-order valence-electron chi connectivity index (χ2n) is 5.41. The Morgan fingerprint density at radius 2 is 2.12 bits per heavy atom. The van der Waals surface area contributed by atoms with Gasteiger partial charge in [-0.3, -0.25) is 4.79 Å². The summed E-state index contributed by atoms with van der Waals surface area (Å²) in [6.07, 6.45) is 1.99. The fourth-order valence-corrected chi connectivity index (χ4v) is 2.39. The van der Waals surface area contributed by atoms with E-state index in [4.69, 9.17) is 5.73 Å². The first-order valence-corrected chi connectivity index (χ1v) is 6.72. The molecule has 3 atom stereocenters. The maximum atomic E-state index is 12.4. The topological polar surface area (TPSA) is 49.6 Å². The Labute approximate surface area is 105 Å². The maximum absolute atomic E-state index is 12.4. The van der Waals surface area contributed by atoms with Gasteiger partial charge in [0.2, 0.25) is 5.91 Å². The molecule has 4 nitrogen and oxygen atoms in total. The van der Waals surface area contributed by atoms with Crippen molar-refractivity contribution in [2.75, 3.05) is 26.7 Å². The fourth-order valence-electron chi connectivity index (χ4n) is 2.39. The molecule has 1 saturated heterocycles. The van der Waals surface area contributed by atoms with Gasteiger partial charge in [0.1, 0.15) is 0 Å². The van der Waals surface area contributed by atoms with Crippen molar-refractivity contribution in [3.05, 3.63) is 0 Å². The van der Waals surface area contributed by atoms with Crippen molar-refractivity contribution < 1.29 is 4.79 Å². The number of hydrogen-bond acceptors (Lipinski definition) is 3. The van der Waals surface area contributed by atoms with Crippen LogP contribution in [0.15, 0.2) is 0 Å². The highest BCUT2D eigenvalue weighted by Crippen LogP contribution is 2.14. The fraction of sp³-hybridized carbons (Fsp3) is 0.923. The van der Waals surface area contributed by atoms with E-state index < -0.39 is 0 Å². The highest BCUT2D eigenvalue weighted by Gasteiger charge is 2.29. The number of nitrogens with zero attached hydrogens (tertiary/aromatic N) is 2. The molecular formula is C13H27N3O. The summed E-state index contributed by atoms with van der Waals surface area (Å²) in [6.45, 7) is 9.10. The summed E-state index contributed by atoms with van der Waals surface area (Å²) < 4.78 is 0. The third-order valence-corrected chi connectivity index (χ3v) is 3.87. The van der Waals surface area contributed by atoms with E-state index >= 15 is 0 Å². The lowest BCUT2D eigenvalue weighted by atomic mass is 9.98. The van der Waals surface area contributed by atoms with Gasteiger partial charge in [0, 0.05) is 19.1 Å². The van der Waals surface area contributed by atoms with Crippen LogP contribution in [-0.2, 0) is 4.79 Å². The Balaban J connectivity index is 2.66. The predicted octanol–water partition coefficient (Wildman–Crippen LogP) is 0.912. The number of hydrogen-bond donors (Lipinski definition) is 1. The zero-order valence-electron chi connectivity index (χ0n) is 11.6. The zero-order valence-corrected chi connectivity index (χ0v) is 11.6. The number of nitrogens with two attached hydrogens (primary N) is 1. The largest absolute Gasteiger partial charge is 0.337 e. The van der Waals surface area contributed by atoms with Crippen LogP contribution in [0, 0.1) is 5.92 Å². The lowest BCUT2D eigenvalue weighted by molar-refractivity contribution is -0.135. The molecule has 0 aromatic heterocycles. The lowest BCUT2D eigenvalue weighted by Gasteiger charge is -2.32. The van der Waals surface area contributed by atoms with Gasteiger partial charge in [-0.05, 0) is 32.9 Å². The van der Waals surface area contributed by atoms with Crippen molar-refractivity contribution in [1.29, 1.82) is 0 Å². The summed E-state index contributed by atoms with van der Waals surface area (Å²) in [5, 5.41) is 0. The number of amides is 1. The summed E-state index contributed by atoms with van der Waals surface area (Å²) in [5.41, 5.74) is 6.05. The highest BCUT2D eigenvalue weighted by atomic mass is 16.2. The van der Waals surface area contributed by atoms with E-state index in [-0.39, 0.29) is 23.9 Å². The van der Waals surface area contributed by atoms with E-state index in [9.17, 15) is 4.79 Å². The molecular weight excluding hydrogens is 214 g/mol. The molecule has 2 unspecified atom stereocenters. The Bertz CT molecular complexity index is 257. The molecule has 1 fully saturated rings. The monoisotopic (exact) mass is 241 g/mol. The second-order valence-corrected chi connectivity index (χ2v) is 5.41. The smallest absolute Gasteiger partial charge is 0.240 e. The Morgan fingerprint density at radius 1 is 1.47 bits per heavy atom. The first kappa shape index (κ1) is 14.5. The summed E-state index contributed by atoms with van der Waals surface area (Å²) in [5.74, 6) is 0.387. The van der Waals surface area contributed by atoms with Crippen LogP contribution in [0.3, 0.4) is 0 Å². The van der Waals surface area contributed by atoms with Crippen LogP contribution in [0.4, 0.5) is 0 Å². The van der Waals surface area contributed by atoms with Crippen molar-refractivity contribution in [1.82, 2.24) is 9.80 Å². The molecule has 0 aromatic carbocycles. The highest BCUT2D eigenvalue weighted by molar-refractivity contribution is 5.82. The molecule has 1 aliphatic rings. The standard InChI is InChI=1S/C13H27N3O/c1-5-10(2)12(14)13(17)16-8-6-7-15(4)9-11(16)3/h10-12H,5-9,14H2,1-4H3/t10?,11?,12-/m0/s1. The molecule has 4 heteroatoms. The molecule has 100 valence electrons. The van der Waals surface area contributed by atoms with Gasteiger partial charge in [-0.15, -0.1) is 0 Å². The van der Waals surface area contributed by atoms with E-state index in [0.29, 0.717) is 0 Å². The zero-order chi connectivity index (χ0) is 13.0. The predicted molar refractivity (Wildman–Crippen MR) is 70.7 cm³/mol. The molecule has 1 aliphatic heterocycles. The molecule has 17 heavy (non-hydrogen) atoms. The minimum atomic E-state index is -0.342. The lowest BCUT2D eigenvalue weighted by Crippen LogP contribution is -2.51. The minimum Gasteiger partial charge on any atom is -0.337 e. The molecule has 0 aromatic rings. The van der Waals surface area contributed by atoms with Crippen LogP contribution in [0.5, 0.6) is 0 Å². The molecule has 0 saturated carbocycles. The Hall–Kier alpha value is -0.610. The second kappa shape index (κ2) is 6.36. The molecule has 0 bridgehead atoms. The first-order chi connectivity index (χ1) is 7.97. The number of carbonyl (C=O) groups is 1. The van der Waals surface area contributed by atoms with Crippen molar-refractivity contribution in [2.24, 2.45) is 11.7 Å². The summed E-state index contributed by atoms with van der Waals surface area (Å²) in [7, 11) is 2.11. The van der Waals surface area contributed by atoms with Crippen LogP contribution in [0.25, 0.3) is 0 Å². The van der Waals surface area contributed by atoms with Gasteiger partial charge < -0.3 is 15.5 Å². The van der Waals surface area contributed by atoms with Crippen LogP contribution in [0.2, 0.25) is 0 Å². The van der Waals surface area contributed by atoms with Gasteiger partial charge in [0.15, 0.2) is 0 Å². The van der Waals surface area contributed by atoms with E-state index in [1.54, 1.807) is 0 Å². The van der Waals surface area contributed by atoms with Crippen molar-refractivity contribution in [3.63, 3.8) is 0 Å². The molecule has 2 N–H and O–H groups in total. The molecule has 0 spiro atoms. The van der Waals surface area contributed by atoms with E-state index in [2.05, 4.69) is 32.7 Å². The summed E-state index contributed by atoms with van der Waals surface area (Å²) >= 11 is 0. The molecule has 0 aliphatic carbocycles. The third-order valence-electron chi connectivity index (χ3n) is 3.87. The summed E-state index contributed by atoms with van der Waals surface area (Å²) in [6, 6.07) is -0.0732. The molecule has 1 amide bonds. The average molecular weight is 241 g/mol. The third kappa shape index (κ3) is 3.68. The first-order valence-electron chi connectivity index (χ1n) is 6.72. The average Bonchev–Trinajstić information content (AvgIpc) is 2.47. The number of carbonyl (C=O) groups excluding carboxylic acids is 1. The molecule has 1 heterocycles. The van der Waals surface area contributed by atoms with Gasteiger partial charge in [-0.2, -0.15) is 0 Å². The minimum absolute atomic E-state index is 0.127. The van der Waals surface area contributed by atoms with E-state index in [1.807, 2.05) is 4.90 Å². The molecule has 1 rings (SSSR count). The van der Waals surface area contributed by atoms with Crippen molar-refractivity contribution in [2.45, 2.75) is 45.7 Å². The van der Waals surface area contributed by atoms with Gasteiger partial charge in [0.05, 0.1) is 6.04 Å². The van der Waals surface area contributed by atoms with Crippen LogP contribution in [0.1, 0.15) is 33.6 Å². The maximum Gasteiger partial charge on any atom is 0.240 e. The van der Waals surface area contributed by atoms with Gasteiger partial charge in [-0.1, -0.05) is 20.3 Å². The Morgan fingerprint density at radius 3 is 2.71 bits per heavy atom.